The number of carbonyl (C=O) groups excluding carboxylic acids is 1. The van der Waals surface area contributed by atoms with Crippen LogP contribution in [0, 0.1) is 0 Å². The smallest absolute Gasteiger partial charge is 0.285 e. The average molecular weight is 207 g/mol. The number of carbonyl (C=O) groups is 1. The number of aromatic nitrogens is 1. The van der Waals surface area contributed by atoms with E-state index in [2.05, 4.69) is 6.58 Å². The molecule has 0 N–H and O–H groups in total. The SMILES string of the molecule is C=C(C=O)[n+]1ccc(OC)cc1N(C)C. The highest BCUT2D eigenvalue weighted by atomic mass is 16.5. The van der Waals surface area contributed by atoms with Crippen LogP contribution in [-0.2, 0) is 4.79 Å². The largest absolute Gasteiger partial charge is 0.496 e. The first-order valence-electron chi connectivity index (χ1n) is 4.51. The molecule has 80 valence electrons. The Bertz CT molecular complexity index is 386. The molecule has 0 aliphatic carbocycles. The molecule has 0 radical (unpaired) electrons. The van der Waals surface area contributed by atoms with Crippen molar-refractivity contribution in [3.05, 3.63) is 24.9 Å². The van der Waals surface area contributed by atoms with Gasteiger partial charge in [-0.3, -0.25) is 9.69 Å². The van der Waals surface area contributed by atoms with E-state index in [0.29, 0.717) is 5.70 Å². The van der Waals surface area contributed by atoms with Crippen molar-refractivity contribution in [2.75, 3.05) is 26.1 Å². The Hall–Kier alpha value is -1.84. The van der Waals surface area contributed by atoms with E-state index in [1.807, 2.05) is 25.1 Å². The molecule has 0 atom stereocenters. The third kappa shape index (κ3) is 2.34. The maximum atomic E-state index is 10.7. The number of hydrogen-bond donors (Lipinski definition) is 0. The summed E-state index contributed by atoms with van der Waals surface area (Å²) in [5.41, 5.74) is 0.390. The van der Waals surface area contributed by atoms with Crippen LogP contribution in [0.25, 0.3) is 5.70 Å². The average Bonchev–Trinajstić information content (AvgIpc) is 2.27. The Balaban J connectivity index is 3.26. The van der Waals surface area contributed by atoms with E-state index >= 15 is 0 Å². The van der Waals surface area contributed by atoms with E-state index < -0.39 is 0 Å². The van der Waals surface area contributed by atoms with Crippen LogP contribution in [0.15, 0.2) is 24.9 Å². The third-order valence-electron chi connectivity index (χ3n) is 2.05. The van der Waals surface area contributed by atoms with Crippen LogP contribution in [0.5, 0.6) is 5.75 Å². The van der Waals surface area contributed by atoms with E-state index in [9.17, 15) is 4.79 Å². The van der Waals surface area contributed by atoms with Gasteiger partial charge < -0.3 is 4.74 Å². The Morgan fingerprint density at radius 2 is 2.27 bits per heavy atom. The summed E-state index contributed by atoms with van der Waals surface area (Å²) in [5.74, 6) is 1.58. The molecule has 0 bridgehead atoms. The van der Waals surface area contributed by atoms with Crippen LogP contribution in [0.2, 0.25) is 0 Å². The number of aldehydes is 1. The maximum absolute atomic E-state index is 10.7. The molecule has 1 aromatic heterocycles. The Morgan fingerprint density at radius 1 is 1.60 bits per heavy atom. The van der Waals surface area contributed by atoms with Gasteiger partial charge in [0.05, 0.1) is 27.3 Å². The molecule has 0 unspecified atom stereocenters. The van der Waals surface area contributed by atoms with Gasteiger partial charge in [0.25, 0.3) is 5.82 Å². The van der Waals surface area contributed by atoms with Crippen molar-refractivity contribution in [2.24, 2.45) is 0 Å². The van der Waals surface area contributed by atoms with Crippen LogP contribution in [-0.4, -0.2) is 27.5 Å². The van der Waals surface area contributed by atoms with Crippen molar-refractivity contribution < 1.29 is 14.1 Å². The number of rotatable bonds is 4. The minimum Gasteiger partial charge on any atom is -0.496 e. The molecular formula is C11H15N2O2+. The molecular weight excluding hydrogens is 192 g/mol. The fraction of sp³-hybridized carbons (Fsp3) is 0.273. The van der Waals surface area contributed by atoms with Gasteiger partial charge in [0.1, 0.15) is 11.9 Å². The lowest BCUT2D eigenvalue weighted by Crippen LogP contribution is -2.38. The number of pyridine rings is 1. The highest BCUT2D eigenvalue weighted by Gasteiger charge is 2.15. The summed E-state index contributed by atoms with van der Waals surface area (Å²) in [5, 5.41) is 0. The number of allylic oxidation sites excluding steroid dienone is 1. The maximum Gasteiger partial charge on any atom is 0.285 e. The lowest BCUT2D eigenvalue weighted by atomic mass is 10.3. The number of methoxy groups -OCH3 is 1. The van der Waals surface area contributed by atoms with Crippen molar-refractivity contribution in [2.45, 2.75) is 0 Å². The fourth-order valence-corrected chi connectivity index (χ4v) is 1.24. The molecule has 0 fully saturated rings. The van der Waals surface area contributed by atoms with Crippen molar-refractivity contribution in [3.8, 4) is 5.75 Å². The zero-order chi connectivity index (χ0) is 11.4. The molecule has 0 spiro atoms. The highest BCUT2D eigenvalue weighted by Crippen LogP contribution is 2.15. The molecule has 1 aromatic rings. The van der Waals surface area contributed by atoms with Gasteiger partial charge in [0.2, 0.25) is 0 Å². The monoisotopic (exact) mass is 207 g/mol. The predicted octanol–water partition coefficient (Wildman–Crippen LogP) is 0.718. The van der Waals surface area contributed by atoms with Crippen molar-refractivity contribution >= 4 is 17.8 Å². The van der Waals surface area contributed by atoms with E-state index in [-0.39, 0.29) is 0 Å². The minimum atomic E-state index is 0.390. The molecule has 1 rings (SSSR count). The summed E-state index contributed by atoms with van der Waals surface area (Å²) in [7, 11) is 5.39. The molecule has 4 nitrogen and oxygen atoms in total. The Labute approximate surface area is 89.4 Å². The van der Waals surface area contributed by atoms with Gasteiger partial charge in [-0.05, 0) is 6.58 Å². The second kappa shape index (κ2) is 4.59. The number of nitrogens with zero attached hydrogens (tertiary/aromatic N) is 2. The van der Waals surface area contributed by atoms with Gasteiger partial charge in [0.15, 0.2) is 12.0 Å². The zero-order valence-electron chi connectivity index (χ0n) is 9.23. The molecule has 1 heterocycles. The minimum absolute atomic E-state index is 0.390. The summed E-state index contributed by atoms with van der Waals surface area (Å²) in [6, 6.07) is 3.62. The molecule has 0 aliphatic heterocycles. The second-order valence-electron chi connectivity index (χ2n) is 3.30. The summed E-state index contributed by atoms with van der Waals surface area (Å²) < 4.78 is 6.82. The fourth-order valence-electron chi connectivity index (χ4n) is 1.24. The van der Waals surface area contributed by atoms with E-state index in [4.69, 9.17) is 4.74 Å². The Morgan fingerprint density at radius 3 is 2.73 bits per heavy atom. The van der Waals surface area contributed by atoms with Gasteiger partial charge >= 0.3 is 0 Å². The quantitative estimate of drug-likeness (QED) is 0.414. The van der Waals surface area contributed by atoms with Gasteiger partial charge in [0, 0.05) is 6.07 Å². The standard InChI is InChI=1S/C11H15N2O2/c1-9(8-14)13-6-5-10(15-4)7-11(13)12(2)3/h5-8H,1H2,2-4H3/q+1. The van der Waals surface area contributed by atoms with Gasteiger partial charge in [-0.2, -0.15) is 4.57 Å². The third-order valence-corrected chi connectivity index (χ3v) is 2.05. The molecule has 0 saturated heterocycles. The number of ether oxygens (including phenoxy) is 1. The molecule has 0 saturated carbocycles. The van der Waals surface area contributed by atoms with Gasteiger partial charge in [-0.1, -0.05) is 0 Å². The lowest BCUT2D eigenvalue weighted by molar-refractivity contribution is -0.562. The van der Waals surface area contributed by atoms with Crippen LogP contribution in [0.3, 0.4) is 0 Å². The molecule has 4 heteroatoms. The highest BCUT2D eigenvalue weighted by molar-refractivity contribution is 5.92. The van der Waals surface area contributed by atoms with Crippen LogP contribution in [0.1, 0.15) is 0 Å². The van der Waals surface area contributed by atoms with E-state index in [0.717, 1.165) is 17.9 Å². The number of anilines is 1. The van der Waals surface area contributed by atoms with Crippen LogP contribution >= 0.6 is 0 Å². The molecule has 15 heavy (non-hydrogen) atoms. The molecule has 0 aromatic carbocycles. The second-order valence-corrected chi connectivity index (χ2v) is 3.30. The lowest BCUT2D eigenvalue weighted by Gasteiger charge is -2.11. The van der Waals surface area contributed by atoms with Gasteiger partial charge in [-0.15, -0.1) is 0 Å². The first kappa shape index (κ1) is 11.2. The summed E-state index contributed by atoms with van der Waals surface area (Å²) in [6.45, 7) is 3.67. The van der Waals surface area contributed by atoms with Gasteiger partial charge in [-0.25, -0.2) is 0 Å². The summed E-state index contributed by atoms with van der Waals surface area (Å²) >= 11 is 0. The van der Waals surface area contributed by atoms with Crippen molar-refractivity contribution in [1.29, 1.82) is 0 Å². The number of hydrogen-bond acceptors (Lipinski definition) is 3. The predicted molar refractivity (Wildman–Crippen MR) is 58.9 cm³/mol. The van der Waals surface area contributed by atoms with Crippen molar-refractivity contribution in [1.82, 2.24) is 0 Å². The first-order valence-corrected chi connectivity index (χ1v) is 4.51. The summed E-state index contributed by atoms with van der Waals surface area (Å²) in [4.78, 5) is 12.6. The topological polar surface area (TPSA) is 33.4 Å². The zero-order valence-corrected chi connectivity index (χ0v) is 9.23. The molecule has 0 aliphatic rings. The molecule has 0 amide bonds. The summed E-state index contributed by atoms with van der Waals surface area (Å²) in [6.07, 6.45) is 2.48. The van der Waals surface area contributed by atoms with Crippen molar-refractivity contribution in [3.63, 3.8) is 0 Å². The Kier molecular flexibility index (Phi) is 3.44. The first-order chi connectivity index (χ1) is 7.10. The van der Waals surface area contributed by atoms with Crippen LogP contribution < -0.4 is 14.2 Å². The normalized spacial score (nSPS) is 9.53. The van der Waals surface area contributed by atoms with Crippen LogP contribution in [0.4, 0.5) is 5.82 Å². The van der Waals surface area contributed by atoms with E-state index in [1.165, 1.54) is 0 Å². The van der Waals surface area contributed by atoms with E-state index in [1.54, 1.807) is 23.9 Å².